The van der Waals surface area contributed by atoms with Crippen molar-refractivity contribution in [1.82, 2.24) is 5.32 Å². The number of hydrogen-bond donors (Lipinski definition) is 2. The lowest BCUT2D eigenvalue weighted by Crippen LogP contribution is -2.54. The fraction of sp³-hybridized carbons (Fsp3) is 0.0435. The topological polar surface area (TPSA) is 135 Å². The lowest BCUT2D eigenvalue weighted by Gasteiger charge is -2.26. The minimum absolute atomic E-state index is 0.0215. The van der Waals surface area contributed by atoms with Gasteiger partial charge in [-0.25, -0.2) is 14.5 Å². The predicted octanol–water partition coefficient (Wildman–Crippen LogP) is 3.69. The van der Waals surface area contributed by atoms with Crippen molar-refractivity contribution < 1.29 is 38.2 Å². The van der Waals surface area contributed by atoms with Gasteiger partial charge < -0.3 is 19.0 Å². The number of carboxylic acid groups (broad SMARTS) is 1. The SMILES string of the molecule is O=C1NC(=O)N(c2ccc3c(c2)OCO3)C(=O)/C1=C/c1ccc(-c2ccc(C(=O)O)c(Cl)c2)o1. The van der Waals surface area contributed by atoms with E-state index in [9.17, 15) is 19.2 Å². The van der Waals surface area contributed by atoms with E-state index in [1.807, 2.05) is 0 Å². The Labute approximate surface area is 195 Å². The van der Waals surface area contributed by atoms with Crippen molar-refractivity contribution in [2.45, 2.75) is 0 Å². The van der Waals surface area contributed by atoms with Crippen LogP contribution in [0.4, 0.5) is 10.5 Å². The van der Waals surface area contributed by atoms with Gasteiger partial charge in [-0.3, -0.25) is 14.9 Å². The van der Waals surface area contributed by atoms with E-state index < -0.39 is 23.8 Å². The number of urea groups is 1. The Morgan fingerprint density at radius 2 is 1.82 bits per heavy atom. The van der Waals surface area contributed by atoms with Crippen LogP contribution in [0.2, 0.25) is 5.02 Å². The fourth-order valence-corrected chi connectivity index (χ4v) is 3.75. The lowest BCUT2D eigenvalue weighted by molar-refractivity contribution is -0.122. The van der Waals surface area contributed by atoms with Crippen LogP contribution in [0.1, 0.15) is 16.1 Å². The second-order valence-electron chi connectivity index (χ2n) is 7.20. The number of carbonyl (C=O) groups is 4. The zero-order chi connectivity index (χ0) is 24.0. The molecule has 34 heavy (non-hydrogen) atoms. The molecule has 2 N–H and O–H groups in total. The summed E-state index contributed by atoms with van der Waals surface area (Å²) in [5.74, 6) is -1.56. The van der Waals surface area contributed by atoms with Crippen LogP contribution in [0.25, 0.3) is 17.4 Å². The summed E-state index contributed by atoms with van der Waals surface area (Å²) in [5.41, 5.74) is 0.309. The summed E-state index contributed by atoms with van der Waals surface area (Å²) in [6, 6.07) is 11.0. The summed E-state index contributed by atoms with van der Waals surface area (Å²) in [7, 11) is 0. The molecule has 0 spiro atoms. The third kappa shape index (κ3) is 3.65. The summed E-state index contributed by atoms with van der Waals surface area (Å²) >= 11 is 6.01. The number of nitrogens with zero attached hydrogens (tertiary/aromatic N) is 1. The van der Waals surface area contributed by atoms with E-state index in [1.54, 1.807) is 12.1 Å². The summed E-state index contributed by atoms with van der Waals surface area (Å²) < 4.78 is 16.2. The fourth-order valence-electron chi connectivity index (χ4n) is 3.49. The maximum absolute atomic E-state index is 13.1. The molecule has 4 amide bonds. The molecule has 10 nitrogen and oxygen atoms in total. The van der Waals surface area contributed by atoms with E-state index in [2.05, 4.69) is 5.32 Å². The van der Waals surface area contributed by atoms with E-state index in [0.717, 1.165) is 4.90 Å². The Morgan fingerprint density at radius 3 is 2.59 bits per heavy atom. The summed E-state index contributed by atoms with van der Waals surface area (Å²) in [5, 5.41) is 11.3. The molecule has 170 valence electrons. The molecule has 1 saturated heterocycles. The van der Waals surface area contributed by atoms with Gasteiger partial charge in [-0.15, -0.1) is 0 Å². The molecule has 5 rings (SSSR count). The Hall–Kier alpha value is -4.57. The van der Waals surface area contributed by atoms with E-state index in [-0.39, 0.29) is 34.4 Å². The van der Waals surface area contributed by atoms with Crippen LogP contribution in [0.3, 0.4) is 0 Å². The Balaban J connectivity index is 1.45. The van der Waals surface area contributed by atoms with Crippen LogP contribution < -0.4 is 19.7 Å². The number of halogens is 1. The number of carbonyl (C=O) groups excluding carboxylic acids is 3. The van der Waals surface area contributed by atoms with Gasteiger partial charge in [0.1, 0.15) is 17.1 Å². The van der Waals surface area contributed by atoms with E-state index in [0.29, 0.717) is 22.8 Å². The number of carboxylic acids is 1. The number of nitrogens with one attached hydrogen (secondary N) is 1. The molecule has 0 unspecified atom stereocenters. The first-order chi connectivity index (χ1) is 16.3. The maximum Gasteiger partial charge on any atom is 0.337 e. The number of aromatic carboxylic acids is 1. The molecular formula is C23H13ClN2O8. The van der Waals surface area contributed by atoms with Crippen molar-refractivity contribution in [1.29, 1.82) is 0 Å². The first-order valence-corrected chi connectivity index (χ1v) is 10.1. The number of fused-ring (bicyclic) bond motifs is 1. The number of furan rings is 1. The van der Waals surface area contributed by atoms with Crippen LogP contribution in [-0.2, 0) is 9.59 Å². The van der Waals surface area contributed by atoms with Crippen LogP contribution >= 0.6 is 11.6 Å². The molecule has 2 aliphatic rings. The molecule has 2 aromatic carbocycles. The van der Waals surface area contributed by atoms with E-state index in [1.165, 1.54) is 42.5 Å². The minimum atomic E-state index is -1.16. The van der Waals surface area contributed by atoms with Crippen molar-refractivity contribution in [3.8, 4) is 22.8 Å². The average molecular weight is 481 g/mol. The van der Waals surface area contributed by atoms with Gasteiger partial charge in [0.25, 0.3) is 11.8 Å². The van der Waals surface area contributed by atoms with Gasteiger partial charge in [0.15, 0.2) is 11.5 Å². The zero-order valence-electron chi connectivity index (χ0n) is 17.0. The number of rotatable bonds is 4. The maximum atomic E-state index is 13.1. The largest absolute Gasteiger partial charge is 0.478 e. The third-order valence-corrected chi connectivity index (χ3v) is 5.43. The molecular weight excluding hydrogens is 468 g/mol. The summed E-state index contributed by atoms with van der Waals surface area (Å²) in [6.45, 7) is 0.0215. The highest BCUT2D eigenvalue weighted by molar-refractivity contribution is 6.39. The van der Waals surface area contributed by atoms with Crippen molar-refractivity contribution in [2.75, 3.05) is 11.7 Å². The molecule has 0 aliphatic carbocycles. The molecule has 0 bridgehead atoms. The molecule has 2 aliphatic heterocycles. The Kier molecular flexibility index (Phi) is 5.06. The zero-order valence-corrected chi connectivity index (χ0v) is 17.8. The highest BCUT2D eigenvalue weighted by Crippen LogP contribution is 2.36. The van der Waals surface area contributed by atoms with Gasteiger partial charge in [-0.05, 0) is 42.5 Å². The number of hydrogen-bond acceptors (Lipinski definition) is 7. The second kappa shape index (κ2) is 8.09. The molecule has 3 aromatic rings. The highest BCUT2D eigenvalue weighted by Gasteiger charge is 2.37. The van der Waals surface area contributed by atoms with Gasteiger partial charge in [0.2, 0.25) is 6.79 Å². The summed E-state index contributed by atoms with van der Waals surface area (Å²) in [4.78, 5) is 49.8. The van der Waals surface area contributed by atoms with Crippen molar-refractivity contribution in [2.24, 2.45) is 0 Å². The van der Waals surface area contributed by atoms with Gasteiger partial charge in [0, 0.05) is 11.6 Å². The second-order valence-corrected chi connectivity index (χ2v) is 7.60. The predicted molar refractivity (Wildman–Crippen MR) is 118 cm³/mol. The average Bonchev–Trinajstić information content (AvgIpc) is 3.45. The van der Waals surface area contributed by atoms with Gasteiger partial charge in [0.05, 0.1) is 16.3 Å². The number of amides is 4. The number of barbiturate groups is 1. The Bertz CT molecular complexity index is 1420. The molecule has 0 atom stereocenters. The molecule has 1 aromatic heterocycles. The van der Waals surface area contributed by atoms with Gasteiger partial charge in [-0.2, -0.15) is 0 Å². The standard InChI is InChI=1S/C23H13ClN2O8/c24-16-7-11(1-4-14(16)22(29)30)17-6-3-13(34-17)9-15-20(27)25-23(31)26(21(15)28)12-2-5-18-19(8-12)33-10-32-18/h1-9H,10H2,(H,29,30)(H,25,27,31)/b15-9+. The first-order valence-electron chi connectivity index (χ1n) is 9.76. The summed E-state index contributed by atoms with van der Waals surface area (Å²) in [6.07, 6.45) is 1.21. The molecule has 1 fully saturated rings. The number of imide groups is 2. The number of anilines is 1. The van der Waals surface area contributed by atoms with Gasteiger partial charge in [-0.1, -0.05) is 17.7 Å². The van der Waals surface area contributed by atoms with Crippen LogP contribution in [0.5, 0.6) is 11.5 Å². The Morgan fingerprint density at radius 1 is 1.03 bits per heavy atom. The van der Waals surface area contributed by atoms with Gasteiger partial charge >= 0.3 is 12.0 Å². The third-order valence-electron chi connectivity index (χ3n) is 5.11. The smallest absolute Gasteiger partial charge is 0.337 e. The van der Waals surface area contributed by atoms with Crippen LogP contribution in [0, 0.1) is 0 Å². The number of benzene rings is 2. The van der Waals surface area contributed by atoms with E-state index in [4.69, 9.17) is 30.6 Å². The normalized spacial score (nSPS) is 16.2. The molecule has 3 heterocycles. The lowest BCUT2D eigenvalue weighted by atomic mass is 10.1. The molecule has 0 radical (unpaired) electrons. The minimum Gasteiger partial charge on any atom is -0.478 e. The van der Waals surface area contributed by atoms with Crippen molar-refractivity contribution >= 4 is 47.2 Å². The van der Waals surface area contributed by atoms with Crippen molar-refractivity contribution in [3.05, 3.63) is 70.5 Å². The quantitative estimate of drug-likeness (QED) is 0.426. The van der Waals surface area contributed by atoms with E-state index >= 15 is 0 Å². The molecule has 0 saturated carbocycles. The van der Waals surface area contributed by atoms with Crippen LogP contribution in [0.15, 0.2) is 58.5 Å². The molecule has 11 heteroatoms. The first kappa shape index (κ1) is 21.3. The van der Waals surface area contributed by atoms with Crippen LogP contribution in [-0.4, -0.2) is 35.7 Å². The number of ether oxygens (including phenoxy) is 2. The highest BCUT2D eigenvalue weighted by atomic mass is 35.5. The van der Waals surface area contributed by atoms with Crippen molar-refractivity contribution in [3.63, 3.8) is 0 Å². The monoisotopic (exact) mass is 480 g/mol.